The fourth-order valence-electron chi connectivity index (χ4n) is 1.50. The molecular formula is C10H12N2O2. The normalized spacial score (nSPS) is 16.3. The number of amides is 1. The van der Waals surface area contributed by atoms with Crippen LogP contribution in [0, 0.1) is 0 Å². The van der Waals surface area contributed by atoms with Crippen molar-refractivity contribution in [3.05, 3.63) is 29.8 Å². The summed E-state index contributed by atoms with van der Waals surface area (Å²) < 4.78 is 0. The molecule has 1 amide bonds. The molecule has 1 saturated heterocycles. The Hall–Kier alpha value is -1.55. The molecule has 1 heterocycles. The molecule has 74 valence electrons. The Balaban J connectivity index is 2.07. The zero-order chi connectivity index (χ0) is 9.97. The summed E-state index contributed by atoms with van der Waals surface area (Å²) in [6, 6.07) is 6.92. The second-order valence-corrected chi connectivity index (χ2v) is 3.31. The van der Waals surface area contributed by atoms with Gasteiger partial charge in [-0.2, -0.15) is 0 Å². The molecule has 2 rings (SSSR count). The van der Waals surface area contributed by atoms with Gasteiger partial charge in [-0.3, -0.25) is 9.80 Å². The van der Waals surface area contributed by atoms with Crippen LogP contribution in [0.15, 0.2) is 24.3 Å². The number of nitrogens with one attached hydrogen (secondary N) is 1. The minimum Gasteiger partial charge on any atom is -0.508 e. The summed E-state index contributed by atoms with van der Waals surface area (Å²) in [5.41, 5.74) is 3.90. The van der Waals surface area contributed by atoms with Crippen molar-refractivity contribution in [2.24, 2.45) is 0 Å². The van der Waals surface area contributed by atoms with Crippen LogP contribution in [0.4, 0.5) is 0 Å². The summed E-state index contributed by atoms with van der Waals surface area (Å²) >= 11 is 0. The summed E-state index contributed by atoms with van der Waals surface area (Å²) in [5, 5.41) is 10.8. The molecule has 1 aromatic rings. The second-order valence-electron chi connectivity index (χ2n) is 3.31. The number of phenols is 1. The van der Waals surface area contributed by atoms with Crippen molar-refractivity contribution in [2.75, 3.05) is 6.54 Å². The van der Waals surface area contributed by atoms with Gasteiger partial charge in [0.15, 0.2) is 0 Å². The Morgan fingerprint density at radius 3 is 3.00 bits per heavy atom. The van der Waals surface area contributed by atoms with Crippen LogP contribution in [-0.4, -0.2) is 22.6 Å². The standard InChI is InChI=1S/C10H12N2O2/c13-9-3-1-2-8(6-9)7-12-10(14)4-5-11-12/h1-3,6,11,13H,4-5,7H2. The van der Waals surface area contributed by atoms with Crippen molar-refractivity contribution in [2.45, 2.75) is 13.0 Å². The van der Waals surface area contributed by atoms with E-state index in [2.05, 4.69) is 5.43 Å². The Labute approximate surface area is 82.1 Å². The number of hydrazine groups is 1. The van der Waals surface area contributed by atoms with Crippen molar-refractivity contribution in [3.8, 4) is 5.75 Å². The molecule has 0 saturated carbocycles. The van der Waals surface area contributed by atoms with E-state index in [4.69, 9.17) is 0 Å². The molecular weight excluding hydrogens is 180 g/mol. The van der Waals surface area contributed by atoms with E-state index >= 15 is 0 Å². The Morgan fingerprint density at radius 2 is 2.36 bits per heavy atom. The third kappa shape index (κ3) is 1.85. The number of rotatable bonds is 2. The summed E-state index contributed by atoms with van der Waals surface area (Å²) in [5.74, 6) is 0.336. The number of hydrogen-bond donors (Lipinski definition) is 2. The van der Waals surface area contributed by atoms with Crippen LogP contribution in [0.2, 0.25) is 0 Å². The van der Waals surface area contributed by atoms with Crippen LogP contribution >= 0.6 is 0 Å². The number of carbonyl (C=O) groups excluding carboxylic acids is 1. The van der Waals surface area contributed by atoms with Gasteiger partial charge in [-0.25, -0.2) is 5.43 Å². The molecule has 0 radical (unpaired) electrons. The molecule has 2 N–H and O–H groups in total. The van der Waals surface area contributed by atoms with Gasteiger partial charge < -0.3 is 5.11 Å². The average Bonchev–Trinajstić information content (AvgIpc) is 2.52. The number of nitrogens with zero attached hydrogens (tertiary/aromatic N) is 1. The van der Waals surface area contributed by atoms with Gasteiger partial charge in [0.25, 0.3) is 0 Å². The number of aromatic hydroxyl groups is 1. The second kappa shape index (κ2) is 3.67. The topological polar surface area (TPSA) is 52.6 Å². The van der Waals surface area contributed by atoms with Gasteiger partial charge in [0, 0.05) is 13.0 Å². The minimum absolute atomic E-state index is 0.105. The lowest BCUT2D eigenvalue weighted by Gasteiger charge is -2.15. The van der Waals surface area contributed by atoms with Crippen molar-refractivity contribution in [1.82, 2.24) is 10.4 Å². The van der Waals surface area contributed by atoms with Crippen molar-refractivity contribution in [1.29, 1.82) is 0 Å². The molecule has 4 nitrogen and oxygen atoms in total. The van der Waals surface area contributed by atoms with E-state index in [0.29, 0.717) is 19.5 Å². The molecule has 1 aliphatic rings. The molecule has 0 spiro atoms. The Bertz CT molecular complexity index is 352. The number of benzene rings is 1. The number of hydrogen-bond acceptors (Lipinski definition) is 3. The van der Waals surface area contributed by atoms with Crippen molar-refractivity contribution in [3.63, 3.8) is 0 Å². The first-order chi connectivity index (χ1) is 6.75. The fraction of sp³-hybridized carbons (Fsp3) is 0.300. The maximum absolute atomic E-state index is 11.3. The molecule has 14 heavy (non-hydrogen) atoms. The summed E-state index contributed by atoms with van der Waals surface area (Å²) in [7, 11) is 0. The van der Waals surface area contributed by atoms with Gasteiger partial charge in [-0.1, -0.05) is 12.1 Å². The molecule has 0 bridgehead atoms. The Kier molecular flexibility index (Phi) is 2.37. The van der Waals surface area contributed by atoms with E-state index in [1.807, 2.05) is 6.07 Å². The molecule has 1 fully saturated rings. The predicted octanol–water partition coefficient (Wildman–Crippen LogP) is 0.629. The highest BCUT2D eigenvalue weighted by atomic mass is 16.3. The highest BCUT2D eigenvalue weighted by Gasteiger charge is 2.19. The fourth-order valence-corrected chi connectivity index (χ4v) is 1.50. The molecule has 0 atom stereocenters. The van der Waals surface area contributed by atoms with Gasteiger partial charge in [0.2, 0.25) is 5.91 Å². The van der Waals surface area contributed by atoms with Gasteiger partial charge in [-0.15, -0.1) is 0 Å². The quantitative estimate of drug-likeness (QED) is 0.722. The molecule has 0 aromatic heterocycles. The van der Waals surface area contributed by atoms with Crippen LogP contribution in [0.3, 0.4) is 0 Å². The van der Waals surface area contributed by atoms with Gasteiger partial charge in [0.05, 0.1) is 6.54 Å². The van der Waals surface area contributed by atoms with Crippen molar-refractivity contribution >= 4 is 5.91 Å². The lowest BCUT2D eigenvalue weighted by molar-refractivity contribution is -0.130. The van der Waals surface area contributed by atoms with Gasteiger partial charge >= 0.3 is 0 Å². The Morgan fingerprint density at radius 1 is 1.50 bits per heavy atom. The number of carbonyl (C=O) groups is 1. The monoisotopic (exact) mass is 192 g/mol. The predicted molar refractivity (Wildman–Crippen MR) is 51.3 cm³/mol. The summed E-state index contributed by atoms with van der Waals surface area (Å²) in [6.07, 6.45) is 0.554. The van der Waals surface area contributed by atoms with E-state index in [1.165, 1.54) is 0 Å². The van der Waals surface area contributed by atoms with E-state index in [-0.39, 0.29) is 11.7 Å². The van der Waals surface area contributed by atoms with Crippen LogP contribution in [0.25, 0.3) is 0 Å². The van der Waals surface area contributed by atoms with Crippen LogP contribution in [0.1, 0.15) is 12.0 Å². The highest BCUT2D eigenvalue weighted by molar-refractivity contribution is 5.77. The van der Waals surface area contributed by atoms with Gasteiger partial charge in [-0.05, 0) is 17.7 Å². The maximum atomic E-state index is 11.3. The first-order valence-corrected chi connectivity index (χ1v) is 4.57. The zero-order valence-corrected chi connectivity index (χ0v) is 7.73. The number of phenolic OH excluding ortho intramolecular Hbond substituents is 1. The molecule has 4 heteroatoms. The van der Waals surface area contributed by atoms with Crippen LogP contribution in [-0.2, 0) is 11.3 Å². The minimum atomic E-state index is 0.105. The maximum Gasteiger partial charge on any atom is 0.238 e. The first kappa shape index (κ1) is 9.02. The molecule has 0 unspecified atom stereocenters. The van der Waals surface area contributed by atoms with E-state index in [0.717, 1.165) is 5.56 Å². The first-order valence-electron chi connectivity index (χ1n) is 4.57. The molecule has 1 aromatic carbocycles. The lowest BCUT2D eigenvalue weighted by Crippen LogP contribution is -2.33. The van der Waals surface area contributed by atoms with E-state index in [1.54, 1.807) is 23.2 Å². The van der Waals surface area contributed by atoms with Crippen LogP contribution in [0.5, 0.6) is 5.75 Å². The van der Waals surface area contributed by atoms with Crippen LogP contribution < -0.4 is 5.43 Å². The zero-order valence-electron chi connectivity index (χ0n) is 7.73. The average molecular weight is 192 g/mol. The molecule has 0 aliphatic carbocycles. The highest BCUT2D eigenvalue weighted by Crippen LogP contribution is 2.13. The summed E-state index contributed by atoms with van der Waals surface area (Å²) in [4.78, 5) is 11.3. The van der Waals surface area contributed by atoms with Crippen molar-refractivity contribution < 1.29 is 9.90 Å². The third-order valence-electron chi connectivity index (χ3n) is 2.19. The lowest BCUT2D eigenvalue weighted by atomic mass is 10.2. The largest absolute Gasteiger partial charge is 0.508 e. The SMILES string of the molecule is O=C1CCNN1Cc1cccc(O)c1. The third-order valence-corrected chi connectivity index (χ3v) is 2.19. The van der Waals surface area contributed by atoms with Gasteiger partial charge in [0.1, 0.15) is 5.75 Å². The summed E-state index contributed by atoms with van der Waals surface area (Å²) in [6.45, 7) is 1.21. The van der Waals surface area contributed by atoms with E-state index < -0.39 is 0 Å². The smallest absolute Gasteiger partial charge is 0.238 e. The molecule has 1 aliphatic heterocycles. The van der Waals surface area contributed by atoms with E-state index in [9.17, 15) is 9.90 Å².